The molecular formula is C19H25NO5. The Morgan fingerprint density at radius 1 is 1.40 bits per heavy atom. The number of methoxy groups -OCH3 is 1. The number of amides is 1. The van der Waals surface area contributed by atoms with Crippen molar-refractivity contribution in [2.45, 2.75) is 57.6 Å². The number of rotatable bonds is 5. The summed E-state index contributed by atoms with van der Waals surface area (Å²) in [6, 6.07) is 1.75. The molecule has 6 nitrogen and oxygen atoms in total. The van der Waals surface area contributed by atoms with Crippen molar-refractivity contribution in [2.24, 2.45) is 0 Å². The van der Waals surface area contributed by atoms with E-state index in [4.69, 9.17) is 9.47 Å². The zero-order chi connectivity index (χ0) is 18.2. The average Bonchev–Trinajstić information content (AvgIpc) is 2.49. The van der Waals surface area contributed by atoms with E-state index in [1.54, 1.807) is 0 Å². The molecule has 0 saturated heterocycles. The van der Waals surface area contributed by atoms with Gasteiger partial charge in [-0.2, -0.15) is 0 Å². The van der Waals surface area contributed by atoms with Crippen LogP contribution in [0, 0.1) is 13.8 Å². The number of ether oxygens (including phenoxy) is 2. The van der Waals surface area contributed by atoms with Gasteiger partial charge in [0.05, 0.1) is 12.5 Å². The second kappa shape index (κ2) is 6.67. The Morgan fingerprint density at radius 3 is 2.68 bits per heavy atom. The van der Waals surface area contributed by atoms with Crippen LogP contribution in [0.25, 0.3) is 0 Å². The summed E-state index contributed by atoms with van der Waals surface area (Å²) in [5.41, 5.74) is 3.31. The zero-order valence-electron chi connectivity index (χ0n) is 15.0. The summed E-state index contributed by atoms with van der Waals surface area (Å²) in [6.07, 6.45) is 3.78. The summed E-state index contributed by atoms with van der Waals surface area (Å²) in [5.74, 6) is -0.259. The van der Waals surface area contributed by atoms with Crippen LogP contribution in [0.4, 0.5) is 0 Å². The molecule has 3 rings (SSSR count). The molecule has 1 atom stereocenters. The number of carboxylic acids is 1. The molecule has 1 aliphatic carbocycles. The minimum atomic E-state index is -0.863. The van der Waals surface area contributed by atoms with E-state index in [2.05, 4.69) is 5.32 Å². The maximum Gasteiger partial charge on any atom is 0.307 e. The number of fused-ring (bicyclic) bond motifs is 1. The largest absolute Gasteiger partial charge is 0.487 e. The number of carbonyl (C=O) groups excluding carboxylic acids is 1. The second-order valence-corrected chi connectivity index (χ2v) is 7.18. The molecule has 1 aliphatic heterocycles. The maximum atomic E-state index is 12.1. The first-order valence-corrected chi connectivity index (χ1v) is 8.67. The van der Waals surface area contributed by atoms with Crippen molar-refractivity contribution >= 4 is 11.9 Å². The van der Waals surface area contributed by atoms with Crippen LogP contribution in [0.5, 0.6) is 5.75 Å². The zero-order valence-corrected chi connectivity index (χ0v) is 15.0. The van der Waals surface area contributed by atoms with Gasteiger partial charge in [0.1, 0.15) is 18.0 Å². The number of aliphatic carboxylic acids is 1. The molecule has 136 valence electrons. The summed E-state index contributed by atoms with van der Waals surface area (Å²) in [7, 11) is 1.49. The normalized spacial score (nSPS) is 20.4. The van der Waals surface area contributed by atoms with Crippen LogP contribution in [0.3, 0.4) is 0 Å². The standard InChI is InChI=1S/C19H25NO5/c1-11-7-15-18(12(2)13(11)8-17(22)23)14(20-16(21)10-24-3)9-19(25-15)5-4-6-19/h7,14H,4-6,8-10H2,1-3H3,(H,20,21)(H,22,23). The topological polar surface area (TPSA) is 84.9 Å². The third-order valence-corrected chi connectivity index (χ3v) is 5.40. The van der Waals surface area contributed by atoms with Gasteiger partial charge in [0.15, 0.2) is 0 Å². The van der Waals surface area contributed by atoms with Crippen LogP contribution in [-0.4, -0.2) is 36.3 Å². The second-order valence-electron chi connectivity index (χ2n) is 7.18. The van der Waals surface area contributed by atoms with Gasteiger partial charge in [0, 0.05) is 19.1 Å². The summed E-state index contributed by atoms with van der Waals surface area (Å²) in [5, 5.41) is 12.3. The molecule has 2 N–H and O–H groups in total. The Kier molecular flexibility index (Phi) is 4.73. The van der Waals surface area contributed by atoms with Crippen LogP contribution < -0.4 is 10.1 Å². The van der Waals surface area contributed by atoms with E-state index < -0.39 is 5.97 Å². The van der Waals surface area contributed by atoms with Crippen molar-refractivity contribution in [1.29, 1.82) is 0 Å². The highest BCUT2D eigenvalue weighted by Gasteiger charge is 2.46. The van der Waals surface area contributed by atoms with E-state index in [9.17, 15) is 14.7 Å². The lowest BCUT2D eigenvalue weighted by Gasteiger charge is -2.48. The molecule has 25 heavy (non-hydrogen) atoms. The molecule has 1 fully saturated rings. The fourth-order valence-corrected chi connectivity index (χ4v) is 4.06. The molecule has 1 spiro atoms. The molecule has 1 heterocycles. The first-order chi connectivity index (χ1) is 11.8. The summed E-state index contributed by atoms with van der Waals surface area (Å²) in [6.45, 7) is 3.84. The van der Waals surface area contributed by atoms with Gasteiger partial charge in [-0.15, -0.1) is 0 Å². The minimum Gasteiger partial charge on any atom is -0.487 e. The summed E-state index contributed by atoms with van der Waals surface area (Å²) >= 11 is 0. The molecular weight excluding hydrogens is 322 g/mol. The third kappa shape index (κ3) is 3.35. The van der Waals surface area contributed by atoms with Crippen LogP contribution in [0.1, 0.15) is 54.0 Å². The molecule has 1 unspecified atom stereocenters. The first-order valence-electron chi connectivity index (χ1n) is 8.67. The highest BCUT2D eigenvalue weighted by molar-refractivity contribution is 5.78. The van der Waals surface area contributed by atoms with E-state index >= 15 is 0 Å². The van der Waals surface area contributed by atoms with Gasteiger partial charge >= 0.3 is 5.97 Å². The van der Waals surface area contributed by atoms with Crippen molar-refractivity contribution in [1.82, 2.24) is 5.32 Å². The number of carbonyl (C=O) groups is 2. The Hall–Kier alpha value is -2.08. The van der Waals surface area contributed by atoms with Gasteiger partial charge in [-0.25, -0.2) is 0 Å². The van der Waals surface area contributed by atoms with Crippen LogP contribution in [-0.2, 0) is 20.7 Å². The van der Waals surface area contributed by atoms with Crippen LogP contribution in [0.15, 0.2) is 6.07 Å². The number of hydrogen-bond donors (Lipinski definition) is 2. The van der Waals surface area contributed by atoms with Crippen LogP contribution >= 0.6 is 0 Å². The number of carboxylic acid groups (broad SMARTS) is 1. The van der Waals surface area contributed by atoms with Crippen molar-refractivity contribution in [3.63, 3.8) is 0 Å². The smallest absolute Gasteiger partial charge is 0.307 e. The Labute approximate surface area is 147 Å². The molecule has 1 aromatic rings. The molecule has 1 saturated carbocycles. The van der Waals surface area contributed by atoms with Gasteiger partial charge in [-0.05, 0) is 55.9 Å². The van der Waals surface area contributed by atoms with E-state index in [0.29, 0.717) is 6.42 Å². The molecule has 0 radical (unpaired) electrons. The number of hydrogen-bond acceptors (Lipinski definition) is 4. The minimum absolute atomic E-state index is 0.00653. The van der Waals surface area contributed by atoms with Gasteiger partial charge in [0.25, 0.3) is 0 Å². The molecule has 1 aromatic carbocycles. The predicted molar refractivity (Wildman–Crippen MR) is 91.8 cm³/mol. The van der Waals surface area contributed by atoms with Gasteiger partial charge in [0.2, 0.25) is 5.91 Å². The lowest BCUT2D eigenvalue weighted by atomic mass is 9.72. The van der Waals surface area contributed by atoms with Crippen LogP contribution in [0.2, 0.25) is 0 Å². The molecule has 0 bridgehead atoms. The highest BCUT2D eigenvalue weighted by atomic mass is 16.5. The van der Waals surface area contributed by atoms with Crippen molar-refractivity contribution in [2.75, 3.05) is 13.7 Å². The lowest BCUT2D eigenvalue weighted by molar-refractivity contribution is -0.136. The molecule has 6 heteroatoms. The van der Waals surface area contributed by atoms with Gasteiger partial charge in [-0.1, -0.05) is 0 Å². The quantitative estimate of drug-likeness (QED) is 0.854. The maximum absolute atomic E-state index is 12.1. The van der Waals surface area contributed by atoms with E-state index in [-0.39, 0.29) is 30.6 Å². The molecule has 2 aliphatic rings. The van der Waals surface area contributed by atoms with E-state index in [0.717, 1.165) is 47.3 Å². The Morgan fingerprint density at radius 2 is 2.12 bits per heavy atom. The van der Waals surface area contributed by atoms with Crippen molar-refractivity contribution < 1.29 is 24.2 Å². The SMILES string of the molecule is COCC(=O)NC1CC2(CCC2)Oc2cc(C)c(CC(=O)O)c(C)c21. The monoisotopic (exact) mass is 347 g/mol. The first kappa shape index (κ1) is 17.7. The van der Waals surface area contributed by atoms with Crippen molar-refractivity contribution in [3.05, 3.63) is 28.3 Å². The third-order valence-electron chi connectivity index (χ3n) is 5.40. The van der Waals surface area contributed by atoms with Crippen molar-refractivity contribution in [3.8, 4) is 5.75 Å². The fraction of sp³-hybridized carbons (Fsp3) is 0.579. The number of benzene rings is 1. The summed E-state index contributed by atoms with van der Waals surface area (Å²) < 4.78 is 11.2. The van der Waals surface area contributed by atoms with Gasteiger partial charge < -0.3 is 19.9 Å². The van der Waals surface area contributed by atoms with Gasteiger partial charge in [-0.3, -0.25) is 9.59 Å². The number of nitrogens with one attached hydrogen (secondary N) is 1. The molecule has 1 amide bonds. The predicted octanol–water partition coefficient (Wildman–Crippen LogP) is 2.44. The average molecular weight is 347 g/mol. The Balaban J connectivity index is 2.02. The Bertz CT molecular complexity index is 708. The summed E-state index contributed by atoms with van der Waals surface area (Å²) in [4.78, 5) is 23.3. The highest BCUT2D eigenvalue weighted by Crippen LogP contribution is 2.50. The van der Waals surface area contributed by atoms with E-state index in [1.165, 1.54) is 7.11 Å². The fourth-order valence-electron chi connectivity index (χ4n) is 4.06. The lowest BCUT2D eigenvalue weighted by Crippen LogP contribution is -2.50. The number of aryl methyl sites for hydroxylation is 1. The van der Waals surface area contributed by atoms with E-state index in [1.807, 2.05) is 19.9 Å². The molecule has 0 aromatic heterocycles.